The van der Waals surface area contributed by atoms with E-state index in [-0.39, 0.29) is 5.91 Å². The van der Waals surface area contributed by atoms with Crippen molar-refractivity contribution in [3.8, 4) is 0 Å². The Labute approximate surface area is 132 Å². The van der Waals surface area contributed by atoms with Crippen molar-refractivity contribution in [2.24, 2.45) is 5.92 Å². The maximum atomic E-state index is 12.6. The molecule has 0 radical (unpaired) electrons. The van der Waals surface area contributed by atoms with Crippen LogP contribution < -0.4 is 0 Å². The van der Waals surface area contributed by atoms with Crippen molar-refractivity contribution < 1.29 is 14.7 Å². The Morgan fingerprint density at radius 1 is 0.955 bits per heavy atom. The number of carboxylic acid groups (broad SMARTS) is 1. The Hall–Kier alpha value is -1.10. The predicted octanol–water partition coefficient (Wildman–Crippen LogP) is 2.11. The van der Waals surface area contributed by atoms with Crippen molar-refractivity contribution in [2.45, 2.75) is 69.9 Å². The first-order valence-corrected chi connectivity index (χ1v) is 8.93. The molecule has 0 spiro atoms. The summed E-state index contributed by atoms with van der Waals surface area (Å²) < 4.78 is 0. The van der Waals surface area contributed by atoms with E-state index in [2.05, 4.69) is 0 Å². The maximum Gasteiger partial charge on any atom is 0.320 e. The summed E-state index contributed by atoms with van der Waals surface area (Å²) in [7, 11) is 0. The lowest BCUT2D eigenvalue weighted by molar-refractivity contribution is -0.144. The second-order valence-corrected chi connectivity index (χ2v) is 7.17. The molecule has 0 bridgehead atoms. The number of nitrogens with zero attached hydrogens (tertiary/aromatic N) is 2. The normalized spacial score (nSPS) is 33.3. The molecule has 0 aromatic heterocycles. The lowest BCUT2D eigenvalue weighted by atomic mass is 9.85. The second-order valence-electron chi connectivity index (χ2n) is 7.17. The summed E-state index contributed by atoms with van der Waals surface area (Å²) in [6, 6.07) is -0.144. The molecule has 2 aliphatic heterocycles. The Bertz CT molecular complexity index is 418. The van der Waals surface area contributed by atoms with Crippen molar-refractivity contribution in [3.63, 3.8) is 0 Å². The van der Waals surface area contributed by atoms with Crippen LogP contribution in [0.15, 0.2) is 0 Å². The molecule has 0 aromatic rings. The first-order chi connectivity index (χ1) is 10.7. The zero-order valence-electron chi connectivity index (χ0n) is 13.4. The van der Waals surface area contributed by atoms with Crippen molar-refractivity contribution in [2.75, 3.05) is 19.6 Å². The maximum absolute atomic E-state index is 12.6. The van der Waals surface area contributed by atoms with Crippen LogP contribution in [0.1, 0.15) is 57.8 Å². The second kappa shape index (κ2) is 6.99. The van der Waals surface area contributed by atoms with Crippen LogP contribution in [0.25, 0.3) is 0 Å². The van der Waals surface area contributed by atoms with Crippen LogP contribution >= 0.6 is 0 Å². The number of carbonyl (C=O) groups is 2. The van der Waals surface area contributed by atoms with Gasteiger partial charge in [-0.05, 0) is 38.0 Å². The molecule has 3 aliphatic rings. The minimum absolute atomic E-state index is 0.138. The van der Waals surface area contributed by atoms with E-state index >= 15 is 0 Å². The molecule has 0 aromatic carbocycles. The van der Waals surface area contributed by atoms with E-state index in [1.807, 2.05) is 9.80 Å². The molecule has 1 N–H and O–H groups in total. The third-order valence-corrected chi connectivity index (χ3v) is 5.78. The summed E-state index contributed by atoms with van der Waals surface area (Å²) in [5.41, 5.74) is 0. The lowest BCUT2D eigenvalue weighted by Crippen LogP contribution is -2.48. The molecule has 2 heterocycles. The quantitative estimate of drug-likeness (QED) is 0.867. The fourth-order valence-corrected chi connectivity index (χ4v) is 4.60. The summed E-state index contributed by atoms with van der Waals surface area (Å²) in [6.45, 7) is 2.00. The largest absolute Gasteiger partial charge is 0.480 e. The average molecular weight is 308 g/mol. The van der Waals surface area contributed by atoms with Crippen LogP contribution in [0, 0.1) is 5.92 Å². The molecule has 1 aliphatic carbocycles. The van der Waals surface area contributed by atoms with Gasteiger partial charge in [0.1, 0.15) is 6.04 Å². The van der Waals surface area contributed by atoms with Crippen molar-refractivity contribution in [1.29, 1.82) is 0 Å². The van der Waals surface area contributed by atoms with E-state index in [0.717, 1.165) is 45.2 Å². The van der Waals surface area contributed by atoms with E-state index in [0.29, 0.717) is 18.5 Å². The third kappa shape index (κ3) is 3.29. The number of carbonyl (C=O) groups excluding carboxylic acids is 1. The van der Waals surface area contributed by atoms with Gasteiger partial charge in [0.2, 0.25) is 5.91 Å². The van der Waals surface area contributed by atoms with E-state index in [1.165, 1.54) is 25.7 Å². The molecule has 1 amide bonds. The highest BCUT2D eigenvalue weighted by Crippen LogP contribution is 2.39. The number of likely N-dealkylation sites (tertiary alicyclic amines) is 2. The third-order valence-electron chi connectivity index (χ3n) is 5.78. The van der Waals surface area contributed by atoms with Gasteiger partial charge in [0.15, 0.2) is 0 Å². The summed E-state index contributed by atoms with van der Waals surface area (Å²) >= 11 is 0. The minimum Gasteiger partial charge on any atom is -0.480 e. The van der Waals surface area contributed by atoms with E-state index in [1.54, 1.807) is 0 Å². The monoisotopic (exact) mass is 308 g/mol. The van der Waals surface area contributed by atoms with Crippen LogP contribution in [0.4, 0.5) is 0 Å². The zero-order chi connectivity index (χ0) is 15.5. The number of hydrogen-bond donors (Lipinski definition) is 1. The highest BCUT2D eigenvalue weighted by atomic mass is 16.4. The first-order valence-electron chi connectivity index (χ1n) is 8.93. The van der Waals surface area contributed by atoms with Gasteiger partial charge in [-0.3, -0.25) is 14.5 Å². The molecular formula is C17H28N2O3. The molecule has 3 atom stereocenters. The smallest absolute Gasteiger partial charge is 0.320 e. The van der Waals surface area contributed by atoms with Crippen LogP contribution in [0.3, 0.4) is 0 Å². The average Bonchev–Trinajstić information content (AvgIpc) is 2.70. The molecule has 3 fully saturated rings. The molecular weight excluding hydrogens is 280 g/mol. The summed E-state index contributed by atoms with van der Waals surface area (Å²) in [6.07, 6.45) is 9.87. The number of rotatable bonds is 3. The number of carboxylic acids is 1. The Kier molecular flexibility index (Phi) is 5.01. The summed E-state index contributed by atoms with van der Waals surface area (Å²) in [5.74, 6) is -0.135. The van der Waals surface area contributed by atoms with Crippen LogP contribution in [-0.2, 0) is 9.59 Å². The van der Waals surface area contributed by atoms with Crippen LogP contribution in [0.2, 0.25) is 0 Å². The van der Waals surface area contributed by atoms with E-state index < -0.39 is 12.0 Å². The van der Waals surface area contributed by atoms with Gasteiger partial charge in [-0.15, -0.1) is 0 Å². The molecule has 5 heteroatoms. The topological polar surface area (TPSA) is 60.9 Å². The van der Waals surface area contributed by atoms with Gasteiger partial charge in [0.25, 0.3) is 0 Å². The van der Waals surface area contributed by atoms with E-state index in [9.17, 15) is 14.7 Å². The van der Waals surface area contributed by atoms with Crippen LogP contribution in [-0.4, -0.2) is 58.5 Å². The Morgan fingerprint density at radius 3 is 2.32 bits per heavy atom. The van der Waals surface area contributed by atoms with Crippen molar-refractivity contribution in [1.82, 2.24) is 9.80 Å². The Morgan fingerprint density at radius 2 is 1.64 bits per heavy atom. The zero-order valence-corrected chi connectivity index (χ0v) is 13.4. The van der Waals surface area contributed by atoms with Crippen molar-refractivity contribution in [3.05, 3.63) is 0 Å². The SMILES string of the molecule is O=C(O)[C@@H]1C[C@@H]2CCCC[C@H]2N1CC(=O)N1CCCCCC1. The molecule has 2 saturated heterocycles. The number of fused-ring (bicyclic) bond motifs is 1. The Balaban J connectivity index is 1.67. The molecule has 5 nitrogen and oxygen atoms in total. The number of hydrogen-bond acceptors (Lipinski definition) is 3. The standard InChI is InChI=1S/C17H28N2O3/c20-16(18-9-5-1-2-6-10-18)12-19-14-8-4-3-7-13(14)11-15(19)17(21)22/h13-15H,1-12H2,(H,21,22)/t13-,14+,15-/m0/s1. The van der Waals surface area contributed by atoms with Gasteiger partial charge in [0, 0.05) is 19.1 Å². The van der Waals surface area contributed by atoms with E-state index in [4.69, 9.17) is 0 Å². The summed E-state index contributed by atoms with van der Waals surface area (Å²) in [5, 5.41) is 9.53. The van der Waals surface area contributed by atoms with Gasteiger partial charge in [-0.2, -0.15) is 0 Å². The highest BCUT2D eigenvalue weighted by Gasteiger charge is 2.46. The van der Waals surface area contributed by atoms with Crippen molar-refractivity contribution >= 4 is 11.9 Å². The van der Waals surface area contributed by atoms with Gasteiger partial charge >= 0.3 is 5.97 Å². The van der Waals surface area contributed by atoms with Gasteiger partial charge < -0.3 is 10.0 Å². The predicted molar refractivity (Wildman–Crippen MR) is 83.5 cm³/mol. The fourth-order valence-electron chi connectivity index (χ4n) is 4.60. The highest BCUT2D eigenvalue weighted by molar-refractivity contribution is 5.80. The molecule has 0 unspecified atom stereocenters. The first kappa shape index (κ1) is 15.8. The summed E-state index contributed by atoms with van der Waals surface area (Å²) in [4.78, 5) is 28.2. The number of amides is 1. The lowest BCUT2D eigenvalue weighted by Gasteiger charge is -2.33. The molecule has 1 saturated carbocycles. The number of aliphatic carboxylic acids is 1. The van der Waals surface area contributed by atoms with Crippen LogP contribution in [0.5, 0.6) is 0 Å². The molecule has 22 heavy (non-hydrogen) atoms. The molecule has 124 valence electrons. The van der Waals surface area contributed by atoms with Gasteiger partial charge in [0.05, 0.1) is 6.54 Å². The minimum atomic E-state index is -0.752. The fraction of sp³-hybridized carbons (Fsp3) is 0.882. The molecule has 3 rings (SSSR count). The van der Waals surface area contributed by atoms with Gasteiger partial charge in [-0.25, -0.2) is 0 Å². The van der Waals surface area contributed by atoms with Gasteiger partial charge in [-0.1, -0.05) is 25.7 Å².